The van der Waals surface area contributed by atoms with Crippen molar-refractivity contribution in [3.05, 3.63) is 24.0 Å². The summed E-state index contributed by atoms with van der Waals surface area (Å²) in [7, 11) is 3.29. The first-order chi connectivity index (χ1) is 8.95. The van der Waals surface area contributed by atoms with Gasteiger partial charge in [0.15, 0.2) is 0 Å². The van der Waals surface area contributed by atoms with Crippen LogP contribution >= 0.6 is 0 Å². The summed E-state index contributed by atoms with van der Waals surface area (Å²) in [5.41, 5.74) is 6.53. The highest BCUT2D eigenvalue weighted by Crippen LogP contribution is 2.10. The molecule has 6 nitrogen and oxygen atoms in total. The standard InChI is InChI=1S/C13H20N4O2/c1-4-5-10(14)12(18)16-9-6-7-15-11(8-9)13(19)17(2)3/h6-8,10H,4-5,14H2,1-3H3,(H,15,16,18)/t10-/m1/s1. The average Bonchev–Trinajstić information content (AvgIpc) is 2.38. The summed E-state index contributed by atoms with van der Waals surface area (Å²) in [6.45, 7) is 1.97. The Morgan fingerprint density at radius 3 is 2.74 bits per heavy atom. The van der Waals surface area contributed by atoms with E-state index in [4.69, 9.17) is 5.73 Å². The van der Waals surface area contributed by atoms with Crippen molar-refractivity contribution in [3.63, 3.8) is 0 Å². The van der Waals surface area contributed by atoms with Crippen molar-refractivity contribution >= 4 is 17.5 Å². The Morgan fingerprint density at radius 2 is 2.16 bits per heavy atom. The molecule has 0 bridgehead atoms. The normalized spacial score (nSPS) is 11.8. The molecule has 0 unspecified atom stereocenters. The van der Waals surface area contributed by atoms with E-state index in [0.29, 0.717) is 12.1 Å². The lowest BCUT2D eigenvalue weighted by Gasteiger charge is -2.13. The fourth-order valence-corrected chi connectivity index (χ4v) is 1.53. The molecule has 2 amide bonds. The predicted molar refractivity (Wildman–Crippen MR) is 73.8 cm³/mol. The van der Waals surface area contributed by atoms with Crippen LogP contribution in [0.4, 0.5) is 5.69 Å². The first kappa shape index (κ1) is 15.1. The van der Waals surface area contributed by atoms with Crippen LogP contribution in [0.15, 0.2) is 18.3 Å². The second kappa shape index (κ2) is 6.84. The maximum absolute atomic E-state index is 11.8. The number of amides is 2. The molecular formula is C13H20N4O2. The van der Waals surface area contributed by atoms with E-state index < -0.39 is 6.04 Å². The Kier molecular flexibility index (Phi) is 5.44. The molecular weight excluding hydrogens is 244 g/mol. The molecule has 1 aromatic heterocycles. The van der Waals surface area contributed by atoms with Gasteiger partial charge >= 0.3 is 0 Å². The molecule has 0 aliphatic rings. The smallest absolute Gasteiger partial charge is 0.272 e. The lowest BCUT2D eigenvalue weighted by Crippen LogP contribution is -2.35. The van der Waals surface area contributed by atoms with Crippen molar-refractivity contribution in [3.8, 4) is 0 Å². The monoisotopic (exact) mass is 264 g/mol. The number of nitrogens with zero attached hydrogens (tertiary/aromatic N) is 2. The third-order valence-corrected chi connectivity index (χ3v) is 2.59. The zero-order chi connectivity index (χ0) is 14.4. The van der Waals surface area contributed by atoms with E-state index in [0.717, 1.165) is 6.42 Å². The van der Waals surface area contributed by atoms with Crippen molar-refractivity contribution in [1.29, 1.82) is 0 Å². The SMILES string of the molecule is CCC[C@@H](N)C(=O)Nc1ccnc(C(=O)N(C)C)c1. The van der Waals surface area contributed by atoms with Gasteiger partial charge in [0, 0.05) is 26.0 Å². The van der Waals surface area contributed by atoms with E-state index in [-0.39, 0.29) is 17.5 Å². The summed E-state index contributed by atoms with van der Waals surface area (Å²) in [6.07, 6.45) is 2.95. The molecule has 6 heteroatoms. The molecule has 1 heterocycles. The van der Waals surface area contributed by atoms with Gasteiger partial charge in [-0.05, 0) is 18.6 Å². The summed E-state index contributed by atoms with van der Waals surface area (Å²) in [6, 6.07) is 2.63. The fraction of sp³-hybridized carbons (Fsp3) is 0.462. The number of anilines is 1. The summed E-state index contributed by atoms with van der Waals surface area (Å²) in [5.74, 6) is -0.467. The minimum atomic E-state index is -0.536. The van der Waals surface area contributed by atoms with Gasteiger partial charge in [-0.2, -0.15) is 0 Å². The number of carbonyl (C=O) groups excluding carboxylic acids is 2. The third-order valence-electron chi connectivity index (χ3n) is 2.59. The second-order valence-corrected chi connectivity index (χ2v) is 4.51. The largest absolute Gasteiger partial charge is 0.343 e. The van der Waals surface area contributed by atoms with Crippen LogP contribution in [0.2, 0.25) is 0 Å². The van der Waals surface area contributed by atoms with Crippen LogP contribution < -0.4 is 11.1 Å². The molecule has 1 aromatic rings. The lowest BCUT2D eigenvalue weighted by atomic mass is 10.1. The number of carbonyl (C=O) groups is 2. The van der Waals surface area contributed by atoms with Crippen molar-refractivity contribution in [2.75, 3.05) is 19.4 Å². The Balaban J connectivity index is 2.77. The highest BCUT2D eigenvalue weighted by molar-refractivity contribution is 5.97. The molecule has 104 valence electrons. The van der Waals surface area contributed by atoms with E-state index in [2.05, 4.69) is 10.3 Å². The van der Waals surface area contributed by atoms with Gasteiger partial charge in [-0.15, -0.1) is 0 Å². The van der Waals surface area contributed by atoms with Crippen molar-refractivity contribution < 1.29 is 9.59 Å². The molecule has 19 heavy (non-hydrogen) atoms. The fourth-order valence-electron chi connectivity index (χ4n) is 1.53. The number of nitrogens with one attached hydrogen (secondary N) is 1. The van der Waals surface area contributed by atoms with E-state index in [1.165, 1.54) is 11.1 Å². The molecule has 0 saturated heterocycles. The van der Waals surface area contributed by atoms with Crippen molar-refractivity contribution in [1.82, 2.24) is 9.88 Å². The Labute approximate surface area is 113 Å². The topological polar surface area (TPSA) is 88.3 Å². The van der Waals surface area contributed by atoms with Gasteiger partial charge < -0.3 is 16.0 Å². The first-order valence-corrected chi connectivity index (χ1v) is 6.19. The summed E-state index contributed by atoms with van der Waals surface area (Å²) in [4.78, 5) is 28.9. The van der Waals surface area contributed by atoms with Crippen LogP contribution in [0, 0.1) is 0 Å². The Bertz CT molecular complexity index is 460. The van der Waals surface area contributed by atoms with Gasteiger partial charge in [-0.1, -0.05) is 13.3 Å². The molecule has 0 aliphatic heterocycles. The number of aromatic nitrogens is 1. The van der Waals surface area contributed by atoms with Crippen LogP contribution in [0.1, 0.15) is 30.3 Å². The van der Waals surface area contributed by atoms with Crippen LogP contribution in [-0.4, -0.2) is 41.8 Å². The van der Waals surface area contributed by atoms with Gasteiger partial charge in [0.05, 0.1) is 6.04 Å². The predicted octanol–water partition coefficient (Wildman–Crippen LogP) is 0.849. The van der Waals surface area contributed by atoms with Crippen LogP contribution in [0.3, 0.4) is 0 Å². The molecule has 0 aromatic carbocycles. The number of pyridine rings is 1. The van der Waals surface area contributed by atoms with Gasteiger partial charge in [0.2, 0.25) is 5.91 Å². The van der Waals surface area contributed by atoms with E-state index in [1.54, 1.807) is 26.2 Å². The summed E-state index contributed by atoms with van der Waals surface area (Å²) in [5, 5.41) is 2.69. The van der Waals surface area contributed by atoms with E-state index in [9.17, 15) is 9.59 Å². The van der Waals surface area contributed by atoms with Gasteiger partial charge in [-0.25, -0.2) is 0 Å². The lowest BCUT2D eigenvalue weighted by molar-refractivity contribution is -0.117. The molecule has 1 atom stereocenters. The molecule has 0 radical (unpaired) electrons. The average molecular weight is 264 g/mol. The summed E-state index contributed by atoms with van der Waals surface area (Å²) < 4.78 is 0. The number of nitrogens with two attached hydrogens (primary N) is 1. The van der Waals surface area contributed by atoms with Crippen molar-refractivity contribution in [2.24, 2.45) is 5.73 Å². The quantitative estimate of drug-likeness (QED) is 0.825. The highest BCUT2D eigenvalue weighted by Gasteiger charge is 2.14. The Hall–Kier alpha value is -1.95. The molecule has 0 spiro atoms. The third kappa shape index (κ3) is 4.33. The number of rotatable bonds is 5. The van der Waals surface area contributed by atoms with Crippen molar-refractivity contribution in [2.45, 2.75) is 25.8 Å². The first-order valence-electron chi connectivity index (χ1n) is 6.19. The highest BCUT2D eigenvalue weighted by atomic mass is 16.2. The Morgan fingerprint density at radius 1 is 1.47 bits per heavy atom. The maximum Gasteiger partial charge on any atom is 0.272 e. The minimum absolute atomic E-state index is 0.214. The van der Waals surface area contributed by atoms with Crippen LogP contribution in [-0.2, 0) is 4.79 Å². The van der Waals surface area contributed by atoms with Crippen LogP contribution in [0.5, 0.6) is 0 Å². The maximum atomic E-state index is 11.8. The van der Waals surface area contributed by atoms with Gasteiger partial charge in [0.25, 0.3) is 5.91 Å². The minimum Gasteiger partial charge on any atom is -0.343 e. The molecule has 1 rings (SSSR count). The molecule has 0 saturated carbocycles. The van der Waals surface area contributed by atoms with E-state index in [1.807, 2.05) is 6.92 Å². The van der Waals surface area contributed by atoms with Gasteiger partial charge in [-0.3, -0.25) is 14.6 Å². The summed E-state index contributed by atoms with van der Waals surface area (Å²) >= 11 is 0. The molecule has 0 fully saturated rings. The van der Waals surface area contributed by atoms with Gasteiger partial charge in [0.1, 0.15) is 5.69 Å². The second-order valence-electron chi connectivity index (χ2n) is 4.51. The molecule has 0 aliphatic carbocycles. The molecule has 3 N–H and O–H groups in total. The zero-order valence-corrected chi connectivity index (χ0v) is 11.5. The van der Waals surface area contributed by atoms with Crippen LogP contribution in [0.25, 0.3) is 0 Å². The number of hydrogen-bond donors (Lipinski definition) is 2. The number of hydrogen-bond acceptors (Lipinski definition) is 4. The van der Waals surface area contributed by atoms with E-state index >= 15 is 0 Å². The zero-order valence-electron chi connectivity index (χ0n) is 11.5.